The summed E-state index contributed by atoms with van der Waals surface area (Å²) in [6.45, 7) is 0. The van der Waals surface area contributed by atoms with E-state index in [2.05, 4.69) is 0 Å². The Morgan fingerprint density at radius 1 is 0.421 bits per heavy atom. The molecule has 0 unspecified atom stereocenters. The summed E-state index contributed by atoms with van der Waals surface area (Å²) in [4.78, 5) is 24.8. The molecule has 0 aromatic heterocycles. The third-order valence-electron chi connectivity index (χ3n) is 0. The second kappa shape index (κ2) is 56.7. The molecule has 0 aliphatic heterocycles. The van der Waals surface area contributed by atoms with Crippen molar-refractivity contribution in [3.63, 3.8) is 0 Å². The molecular formula is H18N3O9Y7. The summed E-state index contributed by atoms with van der Waals surface area (Å²) in [6, 6.07) is 0. The summed E-state index contributed by atoms with van der Waals surface area (Å²) in [6.07, 6.45) is 0. The van der Waals surface area contributed by atoms with Crippen LogP contribution in [0.25, 0.3) is 0 Å². The van der Waals surface area contributed by atoms with Crippen molar-refractivity contribution >= 4 is 0 Å². The fraction of sp³-hybridized carbons (Fsp3) is 0. The van der Waals surface area contributed by atoms with Crippen molar-refractivity contribution in [1.82, 2.24) is 0 Å². The second-order valence-electron chi connectivity index (χ2n) is 0.671. The minimum Gasteiger partial charge on any atom is -1.00 e. The fourth-order valence-corrected chi connectivity index (χ4v) is 0. The first kappa shape index (κ1) is 64.5. The van der Waals surface area contributed by atoms with Crippen LogP contribution >= 0.6 is 0 Å². The average Bonchev–Trinajstić information content (AvgIpc) is 1.54. The molecule has 0 bridgehead atoms. The van der Waals surface area contributed by atoms with Gasteiger partial charge < -0.3 is 71.6 Å². The van der Waals surface area contributed by atoms with Gasteiger partial charge in [0.1, 0.15) is 0 Å². The van der Waals surface area contributed by atoms with E-state index >= 15 is 0 Å². The first-order chi connectivity index (χ1) is 5.20. The molecule has 0 aliphatic rings. The van der Waals surface area contributed by atoms with E-state index in [-0.39, 0.29) is 255 Å². The average molecular weight is 826 g/mol. The van der Waals surface area contributed by atoms with Crippen molar-refractivity contribution < 1.29 is 270 Å². The summed E-state index contributed by atoms with van der Waals surface area (Å²) in [5.41, 5.74) is 0. The summed E-state index contributed by atoms with van der Waals surface area (Å²) < 4.78 is 0. The Bertz CT molecular complexity index is 162. The van der Waals surface area contributed by atoms with Gasteiger partial charge in [-0.15, -0.1) is 0 Å². The van der Waals surface area contributed by atoms with Crippen LogP contribution in [0.5, 0.6) is 0 Å². The van der Waals surface area contributed by atoms with Crippen LogP contribution in [0.2, 0.25) is 0 Å². The minimum absolute atomic E-state index is 0. The predicted molar refractivity (Wildman–Crippen MR) is 51.1 cm³/mol. The largest absolute Gasteiger partial charge is 3.00 e. The van der Waals surface area contributed by atoms with E-state index in [4.69, 9.17) is 46.0 Å². The summed E-state index contributed by atoms with van der Waals surface area (Å²) in [5, 5.41) is 44.2. The van der Waals surface area contributed by atoms with E-state index < -0.39 is 15.3 Å². The summed E-state index contributed by atoms with van der Waals surface area (Å²) in [5.74, 6) is 0. The van der Waals surface area contributed by atoms with Gasteiger partial charge in [-0.3, -0.25) is 0 Å². The Labute approximate surface area is 309 Å². The Morgan fingerprint density at radius 3 is 0.421 bits per heavy atom. The zero-order valence-electron chi connectivity index (χ0n) is 27.1. The van der Waals surface area contributed by atoms with Gasteiger partial charge in [-0.05, 0) is 0 Å². The maximum Gasteiger partial charge on any atom is 3.00 e. The molecule has 19 heteroatoms. The second-order valence-corrected chi connectivity index (χ2v) is 0.671. The minimum atomic E-state index is -1.75. The van der Waals surface area contributed by atoms with Crippen LogP contribution in [-0.2, 0) is 229 Å². The van der Waals surface area contributed by atoms with Crippen molar-refractivity contribution in [2.45, 2.75) is 0 Å². The van der Waals surface area contributed by atoms with Crippen molar-refractivity contribution in [3.05, 3.63) is 46.0 Å². The van der Waals surface area contributed by atoms with Crippen molar-refractivity contribution in [2.24, 2.45) is 0 Å². The molecule has 0 spiro atoms. The van der Waals surface area contributed by atoms with E-state index in [1.807, 2.05) is 0 Å². The molecule has 12 nitrogen and oxygen atoms in total. The predicted octanol–water partition coefficient (Wildman–Crippen LogP) is 1.29. The van der Waals surface area contributed by atoms with Gasteiger partial charge in [0.15, 0.2) is 0 Å². The first-order valence-corrected chi connectivity index (χ1v) is 1.64. The van der Waals surface area contributed by atoms with Gasteiger partial charge >= 0.3 is 229 Å². The monoisotopic (exact) mass is 826 g/mol. The van der Waals surface area contributed by atoms with Crippen LogP contribution < -0.4 is 0 Å². The maximum atomic E-state index is 8.25. The van der Waals surface area contributed by atoms with Crippen LogP contribution in [0.3, 0.4) is 0 Å². The molecule has 0 radical (unpaired) electrons. The molecule has 0 heterocycles. The molecule has 0 fully saturated rings. The van der Waals surface area contributed by atoms with Crippen LogP contribution in [0.15, 0.2) is 0 Å². The molecule has 0 amide bonds. The molecular weight excluding hydrogens is 808 g/mol. The molecule has 0 saturated heterocycles. The normalized spacial score (nSPS) is 3.79. The Morgan fingerprint density at radius 2 is 0.421 bits per heavy atom. The van der Waals surface area contributed by atoms with E-state index in [0.29, 0.717) is 0 Å². The van der Waals surface area contributed by atoms with Crippen LogP contribution in [0.1, 0.15) is 25.7 Å². The van der Waals surface area contributed by atoms with Crippen LogP contribution in [-0.4, -0.2) is 15.3 Å². The molecule has 0 atom stereocenters. The third kappa shape index (κ3) is 374. The number of rotatable bonds is 0. The molecule has 0 aliphatic carbocycles. The van der Waals surface area contributed by atoms with Gasteiger partial charge in [0.2, 0.25) is 0 Å². The van der Waals surface area contributed by atoms with Crippen molar-refractivity contribution in [2.75, 3.05) is 0 Å². The Balaban J connectivity index is -0.000000000944. The number of nitrogens with zero attached hydrogens (tertiary/aromatic N) is 3. The van der Waals surface area contributed by atoms with Gasteiger partial charge in [0.25, 0.3) is 0 Å². The van der Waals surface area contributed by atoms with Gasteiger partial charge in [-0.1, -0.05) is 0 Å². The fourth-order valence-electron chi connectivity index (χ4n) is 0. The Kier molecular flexibility index (Phi) is 192. The van der Waals surface area contributed by atoms with E-state index in [1.54, 1.807) is 0 Å². The molecule has 19 heavy (non-hydrogen) atoms. The first-order valence-electron chi connectivity index (χ1n) is 1.64. The molecule has 0 saturated carbocycles. The standard InChI is InChI=1S/3NO3.7Y.18H/c3*2-1(3)4;;;;;;;;;;;;;;;;;;;;;;;;;/q3*-1;7*+3;18*-1. The summed E-state index contributed by atoms with van der Waals surface area (Å²) >= 11 is 0. The van der Waals surface area contributed by atoms with Crippen LogP contribution in [0, 0.1) is 46.0 Å². The Hall–Kier alpha value is 5.33. The zero-order valence-corrected chi connectivity index (χ0v) is 28.9. The van der Waals surface area contributed by atoms with Gasteiger partial charge in [-0.25, -0.2) is 0 Å². The van der Waals surface area contributed by atoms with E-state index in [1.165, 1.54) is 0 Å². The molecule has 0 rings (SSSR count). The topological polar surface area (TPSA) is 199 Å². The molecule has 0 N–H and O–H groups in total. The van der Waals surface area contributed by atoms with E-state index in [0.717, 1.165) is 0 Å². The van der Waals surface area contributed by atoms with Crippen molar-refractivity contribution in [3.8, 4) is 0 Å². The number of hydrogen-bond donors (Lipinski definition) is 0. The molecule has 108 valence electrons. The summed E-state index contributed by atoms with van der Waals surface area (Å²) in [7, 11) is 0. The molecule has 0 aromatic carbocycles. The number of hydrogen-bond acceptors (Lipinski definition) is 9. The smallest absolute Gasteiger partial charge is 1.00 e. The molecule has 0 aromatic rings. The SMILES string of the molecule is O=[N+]([O-])[O-].O=[N+]([O-])[O-].O=[N+]([O-])[O-].[H-].[H-].[H-].[H-].[H-].[H-].[H-].[H-].[H-].[H-].[H-].[H-].[H-].[H-].[H-].[H-].[H-].[H-].[Y+3].[Y+3].[Y+3].[Y+3].[Y+3].[Y+3].[Y+3]. The van der Waals surface area contributed by atoms with Crippen molar-refractivity contribution in [1.29, 1.82) is 0 Å². The van der Waals surface area contributed by atoms with E-state index in [9.17, 15) is 0 Å². The third-order valence-corrected chi connectivity index (χ3v) is 0. The van der Waals surface area contributed by atoms with Gasteiger partial charge in [-0.2, -0.15) is 0 Å². The van der Waals surface area contributed by atoms with Crippen LogP contribution in [0.4, 0.5) is 0 Å². The maximum absolute atomic E-state index is 8.25. The van der Waals surface area contributed by atoms with Gasteiger partial charge in [0, 0.05) is 0 Å². The van der Waals surface area contributed by atoms with Gasteiger partial charge in [0.05, 0.1) is 15.3 Å². The quantitative estimate of drug-likeness (QED) is 0.255. The zero-order chi connectivity index (χ0) is 10.7.